The van der Waals surface area contributed by atoms with Crippen LogP contribution >= 0.6 is 0 Å². The first kappa shape index (κ1) is 16.5. The van der Waals surface area contributed by atoms with Gasteiger partial charge in [-0.25, -0.2) is 5.43 Å². The Labute approximate surface area is 145 Å². The highest BCUT2D eigenvalue weighted by atomic mass is 16.5. The van der Waals surface area contributed by atoms with E-state index in [1.54, 1.807) is 26.5 Å². The average molecular weight is 334 g/mol. The molecule has 5 nitrogen and oxygen atoms in total. The number of hydrazone groups is 1. The molecule has 0 atom stereocenters. The first-order chi connectivity index (χ1) is 12.2. The van der Waals surface area contributed by atoms with Crippen molar-refractivity contribution in [2.24, 2.45) is 5.10 Å². The van der Waals surface area contributed by atoms with Crippen LogP contribution in [0.1, 0.15) is 15.9 Å². The van der Waals surface area contributed by atoms with Gasteiger partial charge in [0.15, 0.2) is 0 Å². The van der Waals surface area contributed by atoms with E-state index in [-0.39, 0.29) is 5.91 Å². The molecule has 25 heavy (non-hydrogen) atoms. The van der Waals surface area contributed by atoms with Gasteiger partial charge >= 0.3 is 0 Å². The molecule has 3 aromatic rings. The molecule has 5 heteroatoms. The van der Waals surface area contributed by atoms with Crippen molar-refractivity contribution < 1.29 is 14.3 Å². The van der Waals surface area contributed by atoms with Crippen molar-refractivity contribution in [3.63, 3.8) is 0 Å². The maximum atomic E-state index is 12.4. The zero-order chi connectivity index (χ0) is 17.6. The van der Waals surface area contributed by atoms with E-state index < -0.39 is 0 Å². The van der Waals surface area contributed by atoms with Gasteiger partial charge in [-0.3, -0.25) is 4.79 Å². The summed E-state index contributed by atoms with van der Waals surface area (Å²) in [6.07, 6.45) is 1.57. The molecule has 0 bridgehead atoms. The van der Waals surface area contributed by atoms with E-state index in [1.165, 1.54) is 0 Å². The maximum Gasteiger partial charge on any atom is 0.275 e. The third-order valence-corrected chi connectivity index (χ3v) is 3.81. The fraction of sp³-hybridized carbons (Fsp3) is 0.100. The van der Waals surface area contributed by atoms with Gasteiger partial charge in [0.2, 0.25) is 0 Å². The van der Waals surface area contributed by atoms with E-state index >= 15 is 0 Å². The average Bonchev–Trinajstić information content (AvgIpc) is 2.67. The maximum absolute atomic E-state index is 12.4. The molecule has 1 amide bonds. The zero-order valence-corrected chi connectivity index (χ0v) is 14.0. The largest absolute Gasteiger partial charge is 0.497 e. The molecule has 0 saturated heterocycles. The van der Waals surface area contributed by atoms with E-state index in [2.05, 4.69) is 10.5 Å². The molecule has 3 rings (SSSR count). The molecule has 1 N–H and O–H groups in total. The van der Waals surface area contributed by atoms with Gasteiger partial charge in [0.25, 0.3) is 5.91 Å². The van der Waals surface area contributed by atoms with E-state index in [0.29, 0.717) is 11.3 Å². The van der Waals surface area contributed by atoms with Crippen molar-refractivity contribution in [2.75, 3.05) is 14.2 Å². The number of hydrogen-bond donors (Lipinski definition) is 1. The van der Waals surface area contributed by atoms with Gasteiger partial charge in [-0.1, -0.05) is 24.3 Å². The minimum Gasteiger partial charge on any atom is -0.497 e. The lowest BCUT2D eigenvalue weighted by atomic mass is 10.1. The van der Waals surface area contributed by atoms with Gasteiger partial charge in [0.05, 0.1) is 26.0 Å². The third kappa shape index (κ3) is 3.77. The van der Waals surface area contributed by atoms with Crippen LogP contribution in [0.5, 0.6) is 11.5 Å². The van der Waals surface area contributed by atoms with Crippen LogP contribution in [0.25, 0.3) is 10.8 Å². The van der Waals surface area contributed by atoms with Crippen LogP contribution in [0.15, 0.2) is 65.8 Å². The van der Waals surface area contributed by atoms with Crippen LogP contribution in [0, 0.1) is 0 Å². The molecule has 126 valence electrons. The van der Waals surface area contributed by atoms with E-state index in [1.807, 2.05) is 54.6 Å². The zero-order valence-electron chi connectivity index (χ0n) is 14.0. The van der Waals surface area contributed by atoms with Crippen molar-refractivity contribution in [1.29, 1.82) is 0 Å². The number of methoxy groups -OCH3 is 2. The number of nitrogens with one attached hydrogen (secondary N) is 1. The number of amides is 1. The quantitative estimate of drug-likeness (QED) is 0.573. The first-order valence-corrected chi connectivity index (χ1v) is 7.75. The number of carbonyl (C=O) groups is 1. The highest BCUT2D eigenvalue weighted by Crippen LogP contribution is 2.25. The van der Waals surface area contributed by atoms with Gasteiger partial charge in [-0.05, 0) is 52.7 Å². The van der Waals surface area contributed by atoms with Crippen LogP contribution in [0.4, 0.5) is 0 Å². The van der Waals surface area contributed by atoms with E-state index in [9.17, 15) is 4.79 Å². The van der Waals surface area contributed by atoms with Crippen molar-refractivity contribution in [3.05, 3.63) is 71.8 Å². The summed E-state index contributed by atoms with van der Waals surface area (Å²) < 4.78 is 10.4. The van der Waals surface area contributed by atoms with Gasteiger partial charge in [-0.15, -0.1) is 0 Å². The molecule has 0 aliphatic rings. The lowest BCUT2D eigenvalue weighted by Crippen LogP contribution is -2.18. The summed E-state index contributed by atoms with van der Waals surface area (Å²) in [7, 11) is 3.15. The molecule has 0 radical (unpaired) electrons. The summed E-state index contributed by atoms with van der Waals surface area (Å²) in [5, 5.41) is 5.99. The number of fused-ring (bicyclic) bond motifs is 1. The minimum absolute atomic E-state index is 0.327. The number of hydrogen-bond acceptors (Lipinski definition) is 4. The van der Waals surface area contributed by atoms with Crippen LogP contribution in [-0.2, 0) is 0 Å². The number of benzene rings is 3. The number of rotatable bonds is 5. The number of carbonyl (C=O) groups excluding carboxylic acids is 1. The molecule has 0 unspecified atom stereocenters. The summed E-state index contributed by atoms with van der Waals surface area (Å²) in [5.74, 6) is 0.949. The number of nitrogens with zero attached hydrogens (tertiary/aromatic N) is 1. The smallest absolute Gasteiger partial charge is 0.275 e. The Balaban J connectivity index is 1.78. The van der Waals surface area contributed by atoms with Crippen molar-refractivity contribution in [2.45, 2.75) is 0 Å². The Morgan fingerprint density at radius 3 is 2.28 bits per heavy atom. The lowest BCUT2D eigenvalue weighted by molar-refractivity contribution is 0.0952. The fourth-order valence-corrected chi connectivity index (χ4v) is 2.48. The SMILES string of the molecule is COc1ccc(C=NNC(=O)c2cc3ccccc3cc2OC)cc1. The molecule has 0 fully saturated rings. The summed E-state index contributed by atoms with van der Waals surface area (Å²) in [6.45, 7) is 0. The molecule has 0 heterocycles. The highest BCUT2D eigenvalue weighted by molar-refractivity contribution is 6.01. The molecule has 0 saturated carbocycles. The fourth-order valence-electron chi connectivity index (χ4n) is 2.48. The van der Waals surface area contributed by atoms with E-state index in [0.717, 1.165) is 22.1 Å². The minimum atomic E-state index is -0.327. The molecule has 0 aliphatic carbocycles. The summed E-state index contributed by atoms with van der Waals surface area (Å²) in [5.41, 5.74) is 3.83. The predicted molar refractivity (Wildman–Crippen MR) is 98.6 cm³/mol. The van der Waals surface area contributed by atoms with Gasteiger partial charge in [0.1, 0.15) is 11.5 Å². The van der Waals surface area contributed by atoms with Crippen molar-refractivity contribution >= 4 is 22.9 Å². The monoisotopic (exact) mass is 334 g/mol. The topological polar surface area (TPSA) is 59.9 Å². The lowest BCUT2D eigenvalue weighted by Gasteiger charge is -2.09. The second-order valence-electron chi connectivity index (χ2n) is 5.37. The van der Waals surface area contributed by atoms with Crippen LogP contribution in [0.2, 0.25) is 0 Å². The first-order valence-electron chi connectivity index (χ1n) is 7.75. The summed E-state index contributed by atoms with van der Waals surface area (Å²) in [6, 6.07) is 18.8. The van der Waals surface area contributed by atoms with Crippen LogP contribution in [-0.4, -0.2) is 26.3 Å². The Kier molecular flexibility index (Phi) is 4.95. The Bertz CT molecular complexity index is 918. The van der Waals surface area contributed by atoms with Crippen LogP contribution < -0.4 is 14.9 Å². The number of ether oxygens (including phenoxy) is 2. The van der Waals surface area contributed by atoms with Gasteiger partial charge < -0.3 is 9.47 Å². The van der Waals surface area contributed by atoms with Gasteiger partial charge in [-0.2, -0.15) is 5.10 Å². The normalized spacial score (nSPS) is 10.8. The Morgan fingerprint density at radius 2 is 1.64 bits per heavy atom. The summed E-state index contributed by atoms with van der Waals surface area (Å²) >= 11 is 0. The predicted octanol–water partition coefficient (Wildman–Crippen LogP) is 3.62. The Morgan fingerprint density at radius 1 is 0.960 bits per heavy atom. The Hall–Kier alpha value is -3.34. The molecule has 0 aromatic heterocycles. The molecular formula is C20H18N2O3. The second kappa shape index (κ2) is 7.49. The van der Waals surface area contributed by atoms with Gasteiger partial charge in [0, 0.05) is 0 Å². The van der Waals surface area contributed by atoms with E-state index in [4.69, 9.17) is 9.47 Å². The molecule has 0 spiro atoms. The van der Waals surface area contributed by atoms with Crippen molar-refractivity contribution in [1.82, 2.24) is 5.43 Å². The van der Waals surface area contributed by atoms with Crippen LogP contribution in [0.3, 0.4) is 0 Å². The highest BCUT2D eigenvalue weighted by Gasteiger charge is 2.13. The van der Waals surface area contributed by atoms with Crippen molar-refractivity contribution in [3.8, 4) is 11.5 Å². The standard InChI is InChI=1S/C20H18N2O3/c1-24-17-9-7-14(8-10-17)13-21-22-20(23)18-11-15-5-3-4-6-16(15)12-19(18)25-2/h3-13H,1-2H3,(H,22,23). The molecule has 3 aromatic carbocycles. The second-order valence-corrected chi connectivity index (χ2v) is 5.37. The molecular weight excluding hydrogens is 316 g/mol. The summed E-state index contributed by atoms with van der Waals surface area (Å²) in [4.78, 5) is 12.4. The third-order valence-electron chi connectivity index (χ3n) is 3.81. The molecule has 0 aliphatic heterocycles.